The Labute approximate surface area is 137 Å². The summed E-state index contributed by atoms with van der Waals surface area (Å²) in [4.78, 5) is 0.379. The molecule has 2 nitrogen and oxygen atoms in total. The molecule has 110 valence electrons. The second kappa shape index (κ2) is 7.00. The molecule has 0 bridgehead atoms. The lowest BCUT2D eigenvalue weighted by molar-refractivity contribution is 0.625. The lowest BCUT2D eigenvalue weighted by Gasteiger charge is -2.11. The highest BCUT2D eigenvalue weighted by atomic mass is 79.9. The van der Waals surface area contributed by atoms with Crippen molar-refractivity contribution in [3.63, 3.8) is 0 Å². The molecule has 0 unspecified atom stereocenters. The molecule has 0 atom stereocenters. The van der Waals surface area contributed by atoms with Crippen LogP contribution in [0.25, 0.3) is 0 Å². The minimum Gasteiger partial charge on any atom is -0.389 e. The molecule has 0 saturated carbocycles. The summed E-state index contributed by atoms with van der Waals surface area (Å²) >= 11 is 8.45. The number of hydrogen-bond donors (Lipinski definition) is 2. The number of nitrogens with one attached hydrogen (secondary N) is 1. The summed E-state index contributed by atoms with van der Waals surface area (Å²) in [7, 11) is 0. The molecule has 5 heteroatoms. The first kappa shape index (κ1) is 15.9. The van der Waals surface area contributed by atoms with Gasteiger partial charge in [-0.05, 0) is 70.7 Å². The molecule has 2 aromatic rings. The number of anilines is 1. The van der Waals surface area contributed by atoms with Gasteiger partial charge < -0.3 is 11.1 Å². The molecule has 0 heterocycles. The lowest BCUT2D eigenvalue weighted by atomic mass is 10.1. The van der Waals surface area contributed by atoms with Crippen molar-refractivity contribution in [2.75, 3.05) is 11.9 Å². The van der Waals surface area contributed by atoms with Crippen LogP contribution in [0, 0.1) is 12.7 Å². The summed E-state index contributed by atoms with van der Waals surface area (Å²) in [5.41, 5.74) is 9.52. The highest BCUT2D eigenvalue weighted by Crippen LogP contribution is 2.23. The van der Waals surface area contributed by atoms with Crippen molar-refractivity contribution in [1.29, 1.82) is 0 Å². The number of benzene rings is 2. The van der Waals surface area contributed by atoms with Gasteiger partial charge in [0.05, 0.1) is 0 Å². The van der Waals surface area contributed by atoms with Gasteiger partial charge in [0.15, 0.2) is 0 Å². The first-order valence-corrected chi connectivity index (χ1v) is 7.76. The van der Waals surface area contributed by atoms with Gasteiger partial charge in [-0.25, -0.2) is 4.39 Å². The van der Waals surface area contributed by atoms with E-state index in [0.717, 1.165) is 39.8 Å². The summed E-state index contributed by atoms with van der Waals surface area (Å²) in [6.07, 6.45) is 0.829. The lowest BCUT2D eigenvalue weighted by Crippen LogP contribution is -2.10. The van der Waals surface area contributed by atoms with E-state index in [1.807, 2.05) is 31.2 Å². The van der Waals surface area contributed by atoms with E-state index in [0.29, 0.717) is 4.99 Å². The van der Waals surface area contributed by atoms with E-state index in [2.05, 4.69) is 21.2 Å². The van der Waals surface area contributed by atoms with Crippen LogP contribution in [0.4, 0.5) is 10.1 Å². The van der Waals surface area contributed by atoms with Crippen molar-refractivity contribution in [1.82, 2.24) is 0 Å². The van der Waals surface area contributed by atoms with Gasteiger partial charge in [-0.3, -0.25) is 0 Å². The molecule has 0 aliphatic carbocycles. The van der Waals surface area contributed by atoms with Crippen molar-refractivity contribution in [2.24, 2.45) is 5.73 Å². The Kier molecular flexibility index (Phi) is 5.31. The van der Waals surface area contributed by atoms with Crippen LogP contribution in [0.2, 0.25) is 0 Å². The van der Waals surface area contributed by atoms with E-state index < -0.39 is 0 Å². The molecular formula is C16H16BrFN2S. The van der Waals surface area contributed by atoms with Crippen LogP contribution in [-0.4, -0.2) is 11.5 Å². The molecule has 21 heavy (non-hydrogen) atoms. The van der Waals surface area contributed by atoms with Crippen LogP contribution in [0.1, 0.15) is 16.7 Å². The Balaban J connectivity index is 1.99. The topological polar surface area (TPSA) is 38.0 Å². The molecule has 2 rings (SSSR count). The summed E-state index contributed by atoms with van der Waals surface area (Å²) in [6.45, 7) is 2.68. The normalized spacial score (nSPS) is 10.4. The maximum absolute atomic E-state index is 13.0. The molecular weight excluding hydrogens is 351 g/mol. The molecule has 0 aliphatic rings. The van der Waals surface area contributed by atoms with E-state index in [-0.39, 0.29) is 5.82 Å². The number of hydrogen-bond acceptors (Lipinski definition) is 2. The second-order valence-electron chi connectivity index (χ2n) is 4.81. The predicted octanol–water partition coefficient (Wildman–Crippen LogP) is 4.19. The zero-order chi connectivity index (χ0) is 15.4. The Bertz CT molecular complexity index is 673. The minimum atomic E-state index is -0.194. The molecule has 0 aliphatic heterocycles. The van der Waals surface area contributed by atoms with Gasteiger partial charge in [-0.15, -0.1) is 0 Å². The molecule has 2 aromatic carbocycles. The fourth-order valence-corrected chi connectivity index (χ4v) is 2.73. The van der Waals surface area contributed by atoms with Crippen molar-refractivity contribution >= 4 is 38.8 Å². The third-order valence-electron chi connectivity index (χ3n) is 3.27. The van der Waals surface area contributed by atoms with Crippen LogP contribution in [-0.2, 0) is 6.42 Å². The van der Waals surface area contributed by atoms with Gasteiger partial charge in [0.1, 0.15) is 10.8 Å². The largest absolute Gasteiger partial charge is 0.389 e. The number of rotatable bonds is 5. The Morgan fingerprint density at radius 3 is 2.67 bits per heavy atom. The zero-order valence-corrected chi connectivity index (χ0v) is 14.0. The monoisotopic (exact) mass is 366 g/mol. The van der Waals surface area contributed by atoms with Gasteiger partial charge in [0.25, 0.3) is 0 Å². The molecule has 0 aromatic heterocycles. The van der Waals surface area contributed by atoms with E-state index >= 15 is 0 Å². The number of halogens is 2. The number of thiocarbonyl (C=S) groups is 1. The fraction of sp³-hybridized carbons (Fsp3) is 0.188. The third kappa shape index (κ3) is 4.25. The van der Waals surface area contributed by atoms with Crippen molar-refractivity contribution in [3.8, 4) is 0 Å². The van der Waals surface area contributed by atoms with Gasteiger partial charge in [0, 0.05) is 22.3 Å². The average molecular weight is 367 g/mol. The van der Waals surface area contributed by atoms with Crippen LogP contribution in [0.5, 0.6) is 0 Å². The van der Waals surface area contributed by atoms with Crippen LogP contribution in [0.3, 0.4) is 0 Å². The smallest absolute Gasteiger partial charge is 0.123 e. The molecule has 3 N–H and O–H groups in total. The summed E-state index contributed by atoms with van der Waals surface area (Å²) < 4.78 is 14.0. The summed E-state index contributed by atoms with van der Waals surface area (Å²) in [5, 5.41) is 3.34. The van der Waals surface area contributed by atoms with Gasteiger partial charge >= 0.3 is 0 Å². The first-order valence-electron chi connectivity index (χ1n) is 6.55. The Morgan fingerprint density at radius 1 is 1.29 bits per heavy atom. The number of nitrogens with two attached hydrogens (primary N) is 1. The molecule has 0 spiro atoms. The van der Waals surface area contributed by atoms with Crippen LogP contribution >= 0.6 is 28.1 Å². The maximum Gasteiger partial charge on any atom is 0.123 e. The molecule has 0 amide bonds. The second-order valence-corrected chi connectivity index (χ2v) is 6.10. The van der Waals surface area contributed by atoms with Crippen LogP contribution in [0.15, 0.2) is 40.9 Å². The summed E-state index contributed by atoms with van der Waals surface area (Å²) in [6, 6.07) is 10.6. The zero-order valence-electron chi connectivity index (χ0n) is 11.6. The maximum atomic E-state index is 13.0. The van der Waals surface area contributed by atoms with Crippen molar-refractivity contribution in [2.45, 2.75) is 13.3 Å². The first-order chi connectivity index (χ1) is 9.97. The minimum absolute atomic E-state index is 0.194. The van der Waals surface area contributed by atoms with Gasteiger partial charge in [-0.2, -0.15) is 0 Å². The van der Waals surface area contributed by atoms with E-state index in [4.69, 9.17) is 18.0 Å². The predicted molar refractivity (Wildman–Crippen MR) is 93.4 cm³/mol. The Hall–Kier alpha value is -1.46. The van der Waals surface area contributed by atoms with Crippen LogP contribution < -0.4 is 11.1 Å². The fourth-order valence-electron chi connectivity index (χ4n) is 2.08. The van der Waals surface area contributed by atoms with E-state index in [1.54, 1.807) is 6.07 Å². The number of aryl methyl sites for hydroxylation is 1. The standard InChI is InChI=1S/C16H16BrFN2S/c1-10-8-13(18)4-2-11(10)6-7-20-15-5-3-12(16(19)21)9-14(15)17/h2-5,8-9,20H,6-7H2,1H3,(H2,19,21). The summed E-state index contributed by atoms with van der Waals surface area (Å²) in [5.74, 6) is -0.194. The van der Waals surface area contributed by atoms with Crippen molar-refractivity contribution in [3.05, 3.63) is 63.4 Å². The Morgan fingerprint density at radius 2 is 2.05 bits per heavy atom. The molecule has 0 fully saturated rings. The van der Waals surface area contributed by atoms with Crippen molar-refractivity contribution < 1.29 is 4.39 Å². The average Bonchev–Trinajstić information content (AvgIpc) is 2.42. The van der Waals surface area contributed by atoms with Gasteiger partial charge in [-0.1, -0.05) is 18.3 Å². The highest BCUT2D eigenvalue weighted by molar-refractivity contribution is 9.10. The molecule has 0 saturated heterocycles. The highest BCUT2D eigenvalue weighted by Gasteiger charge is 2.04. The van der Waals surface area contributed by atoms with E-state index in [9.17, 15) is 4.39 Å². The third-order valence-corrected chi connectivity index (χ3v) is 4.16. The van der Waals surface area contributed by atoms with Gasteiger partial charge in [0.2, 0.25) is 0 Å². The SMILES string of the molecule is Cc1cc(F)ccc1CCNc1ccc(C(N)=S)cc1Br. The van der Waals surface area contributed by atoms with E-state index in [1.165, 1.54) is 6.07 Å². The quantitative estimate of drug-likeness (QED) is 0.779. The molecule has 0 radical (unpaired) electrons.